The van der Waals surface area contributed by atoms with Crippen LogP contribution in [0.2, 0.25) is 0 Å². The Morgan fingerprint density at radius 3 is 2.30 bits per heavy atom. The number of anilines is 1. The van der Waals surface area contributed by atoms with Crippen molar-refractivity contribution in [2.75, 3.05) is 30.3 Å². The second-order valence-corrected chi connectivity index (χ2v) is 8.48. The lowest BCUT2D eigenvalue weighted by Crippen LogP contribution is -2.41. The molecule has 146 valence electrons. The number of hydrogen-bond donors (Lipinski definition) is 1. The van der Waals surface area contributed by atoms with Crippen LogP contribution in [0.4, 0.5) is 5.69 Å². The predicted octanol–water partition coefficient (Wildman–Crippen LogP) is 2.57. The second-order valence-electron chi connectivity index (χ2n) is 6.58. The maximum atomic E-state index is 12.2. The van der Waals surface area contributed by atoms with Crippen molar-refractivity contribution < 1.29 is 17.9 Å². The summed E-state index contributed by atoms with van der Waals surface area (Å²) in [6, 6.07) is 13.0. The zero-order valence-electron chi connectivity index (χ0n) is 16.2. The molecule has 0 aromatic heterocycles. The smallest absolute Gasteiger partial charge is 0.240 e. The normalized spacial score (nSPS) is 11.1. The van der Waals surface area contributed by atoms with Gasteiger partial charge in [0.15, 0.2) is 0 Å². The van der Waals surface area contributed by atoms with E-state index in [0.29, 0.717) is 12.3 Å². The fraction of sp³-hybridized carbons (Fsp3) is 0.350. The molecule has 0 aliphatic carbocycles. The first-order chi connectivity index (χ1) is 12.7. The molecule has 0 radical (unpaired) electrons. The number of para-hydroxylation sites is 1. The van der Waals surface area contributed by atoms with Gasteiger partial charge in [0, 0.05) is 0 Å². The molecule has 1 amide bonds. The van der Waals surface area contributed by atoms with Gasteiger partial charge in [0.1, 0.15) is 18.9 Å². The Kier molecular flexibility index (Phi) is 6.85. The fourth-order valence-electron chi connectivity index (χ4n) is 2.79. The van der Waals surface area contributed by atoms with Crippen molar-refractivity contribution in [3.05, 3.63) is 59.2 Å². The number of rotatable bonds is 8. The Morgan fingerprint density at radius 1 is 1.07 bits per heavy atom. The molecule has 2 aromatic rings. The Labute approximate surface area is 161 Å². The molecule has 0 aliphatic rings. The molecule has 0 saturated carbocycles. The number of aryl methyl sites for hydroxylation is 3. The number of nitrogens with one attached hydrogen (secondary N) is 1. The van der Waals surface area contributed by atoms with Crippen molar-refractivity contribution >= 4 is 21.6 Å². The van der Waals surface area contributed by atoms with Crippen LogP contribution in [0, 0.1) is 20.8 Å². The van der Waals surface area contributed by atoms with Gasteiger partial charge in [-0.2, -0.15) is 0 Å². The van der Waals surface area contributed by atoms with E-state index < -0.39 is 10.0 Å². The molecule has 2 rings (SSSR count). The van der Waals surface area contributed by atoms with Crippen molar-refractivity contribution in [1.82, 2.24) is 5.32 Å². The molecule has 0 heterocycles. The Hall–Kier alpha value is -2.54. The number of carbonyl (C=O) groups is 1. The van der Waals surface area contributed by atoms with E-state index in [2.05, 4.69) is 11.4 Å². The number of hydrogen-bond acceptors (Lipinski definition) is 4. The molecular weight excluding hydrogens is 364 g/mol. The molecule has 0 aliphatic heterocycles. The van der Waals surface area contributed by atoms with Crippen molar-refractivity contribution in [2.24, 2.45) is 0 Å². The maximum Gasteiger partial charge on any atom is 0.240 e. The zero-order chi connectivity index (χ0) is 20.0. The third kappa shape index (κ3) is 6.29. The van der Waals surface area contributed by atoms with Crippen LogP contribution < -0.4 is 14.4 Å². The minimum atomic E-state index is -3.58. The molecule has 27 heavy (non-hydrogen) atoms. The summed E-state index contributed by atoms with van der Waals surface area (Å²) in [7, 11) is -3.58. The highest BCUT2D eigenvalue weighted by Gasteiger charge is 2.21. The van der Waals surface area contributed by atoms with Crippen LogP contribution in [0.3, 0.4) is 0 Å². The van der Waals surface area contributed by atoms with Gasteiger partial charge in [0.25, 0.3) is 0 Å². The van der Waals surface area contributed by atoms with E-state index in [-0.39, 0.29) is 19.0 Å². The summed E-state index contributed by atoms with van der Waals surface area (Å²) in [6.07, 6.45) is 1.09. The summed E-state index contributed by atoms with van der Waals surface area (Å²) in [5, 5.41) is 2.70. The van der Waals surface area contributed by atoms with Crippen LogP contribution in [-0.2, 0) is 14.8 Å². The molecule has 0 fully saturated rings. The van der Waals surface area contributed by atoms with Gasteiger partial charge in [-0.15, -0.1) is 0 Å². The van der Waals surface area contributed by atoms with Crippen LogP contribution in [0.5, 0.6) is 5.75 Å². The Bertz CT molecular complexity index is 890. The van der Waals surface area contributed by atoms with E-state index in [1.54, 1.807) is 12.1 Å². The molecule has 6 nitrogen and oxygen atoms in total. The van der Waals surface area contributed by atoms with Crippen molar-refractivity contribution in [3.63, 3.8) is 0 Å². The van der Waals surface area contributed by atoms with Gasteiger partial charge in [-0.25, -0.2) is 8.42 Å². The molecule has 1 N–H and O–H groups in total. The molecule has 7 heteroatoms. The number of benzene rings is 2. The summed E-state index contributed by atoms with van der Waals surface area (Å²) in [5.74, 6) is 0.368. The summed E-state index contributed by atoms with van der Waals surface area (Å²) in [6.45, 7) is 6.12. The van der Waals surface area contributed by atoms with Gasteiger partial charge in [-0.3, -0.25) is 9.10 Å². The van der Waals surface area contributed by atoms with E-state index in [9.17, 15) is 13.2 Å². The minimum absolute atomic E-state index is 0.271. The maximum absolute atomic E-state index is 12.2. The van der Waals surface area contributed by atoms with Gasteiger partial charge in [0.2, 0.25) is 15.9 Å². The van der Waals surface area contributed by atoms with Crippen LogP contribution in [0.25, 0.3) is 0 Å². The van der Waals surface area contributed by atoms with E-state index in [4.69, 9.17) is 4.74 Å². The van der Waals surface area contributed by atoms with Gasteiger partial charge in [0.05, 0.1) is 18.5 Å². The highest BCUT2D eigenvalue weighted by atomic mass is 32.2. The van der Waals surface area contributed by atoms with Crippen molar-refractivity contribution in [3.8, 4) is 5.75 Å². The quantitative estimate of drug-likeness (QED) is 0.703. The summed E-state index contributed by atoms with van der Waals surface area (Å²) in [5.41, 5.74) is 3.50. The van der Waals surface area contributed by atoms with Crippen molar-refractivity contribution in [2.45, 2.75) is 20.8 Å². The highest BCUT2D eigenvalue weighted by molar-refractivity contribution is 7.92. The van der Waals surface area contributed by atoms with Crippen LogP contribution in [0.15, 0.2) is 42.5 Å². The van der Waals surface area contributed by atoms with Gasteiger partial charge >= 0.3 is 0 Å². The van der Waals surface area contributed by atoms with E-state index >= 15 is 0 Å². The van der Waals surface area contributed by atoms with E-state index in [1.165, 1.54) is 0 Å². The molecule has 0 saturated heterocycles. The standard InChI is InChI=1S/C20H26N2O4S/c1-15-11-16(2)13-18(12-15)26-10-9-21-20(23)14-22(27(4,24)25)19-8-6-5-7-17(19)3/h5-8,11-13H,9-10,14H2,1-4H3,(H,21,23). The topological polar surface area (TPSA) is 75.7 Å². The van der Waals surface area contributed by atoms with Gasteiger partial charge in [-0.1, -0.05) is 24.3 Å². The number of nitrogens with zero attached hydrogens (tertiary/aromatic N) is 1. The first-order valence-corrected chi connectivity index (χ1v) is 10.5. The SMILES string of the molecule is Cc1cc(C)cc(OCCNC(=O)CN(c2ccccc2C)S(C)(=O)=O)c1. The lowest BCUT2D eigenvalue weighted by atomic mass is 10.1. The summed E-state index contributed by atoms with van der Waals surface area (Å²) < 4.78 is 31.0. The number of carbonyl (C=O) groups excluding carboxylic acids is 1. The summed E-state index contributed by atoms with van der Waals surface area (Å²) in [4.78, 5) is 12.2. The molecule has 0 unspecified atom stereocenters. The average Bonchev–Trinajstić information content (AvgIpc) is 2.55. The number of amides is 1. The van der Waals surface area contributed by atoms with Gasteiger partial charge in [-0.05, 0) is 55.7 Å². The molecule has 0 bridgehead atoms. The number of sulfonamides is 1. The average molecular weight is 391 g/mol. The van der Waals surface area contributed by atoms with E-state index in [0.717, 1.165) is 33.0 Å². The largest absolute Gasteiger partial charge is 0.492 e. The Balaban J connectivity index is 1.92. The number of ether oxygens (including phenoxy) is 1. The highest BCUT2D eigenvalue weighted by Crippen LogP contribution is 2.21. The fourth-order valence-corrected chi connectivity index (χ4v) is 3.70. The van der Waals surface area contributed by atoms with Crippen molar-refractivity contribution in [1.29, 1.82) is 0 Å². The minimum Gasteiger partial charge on any atom is -0.492 e. The first-order valence-electron chi connectivity index (χ1n) is 8.68. The van der Waals surface area contributed by atoms with E-state index in [1.807, 2.05) is 45.0 Å². The zero-order valence-corrected chi connectivity index (χ0v) is 17.0. The molecule has 0 atom stereocenters. The van der Waals surface area contributed by atoms with Gasteiger partial charge < -0.3 is 10.1 Å². The summed E-state index contributed by atoms with van der Waals surface area (Å²) >= 11 is 0. The molecular formula is C20H26N2O4S. The monoisotopic (exact) mass is 390 g/mol. The lowest BCUT2D eigenvalue weighted by Gasteiger charge is -2.23. The predicted molar refractivity (Wildman–Crippen MR) is 108 cm³/mol. The molecule has 2 aromatic carbocycles. The van der Waals surface area contributed by atoms with Crippen LogP contribution in [-0.4, -0.2) is 40.3 Å². The third-order valence-electron chi connectivity index (χ3n) is 3.96. The Morgan fingerprint density at radius 2 is 1.70 bits per heavy atom. The second kappa shape index (κ2) is 8.90. The molecule has 0 spiro atoms. The lowest BCUT2D eigenvalue weighted by molar-refractivity contribution is -0.119. The third-order valence-corrected chi connectivity index (χ3v) is 5.09. The van der Waals surface area contributed by atoms with Crippen LogP contribution >= 0.6 is 0 Å². The first kappa shape index (κ1) is 20.8. The van der Waals surface area contributed by atoms with Crippen LogP contribution in [0.1, 0.15) is 16.7 Å².